The lowest BCUT2D eigenvalue weighted by atomic mass is 10.0. The second-order valence-electron chi connectivity index (χ2n) is 7.92. The fraction of sp³-hybridized carbons (Fsp3) is 0.522. The molecule has 1 atom stereocenters. The van der Waals surface area contributed by atoms with E-state index in [-0.39, 0.29) is 18.6 Å². The number of furan rings is 1. The number of nitrogens with zero attached hydrogens (tertiary/aromatic N) is 1. The Hall–Kier alpha value is -2.27. The van der Waals surface area contributed by atoms with Crippen LogP contribution in [0.4, 0.5) is 0 Å². The fourth-order valence-electron chi connectivity index (χ4n) is 3.77. The van der Waals surface area contributed by atoms with Gasteiger partial charge in [0.1, 0.15) is 11.5 Å². The van der Waals surface area contributed by atoms with Crippen LogP contribution in [0.1, 0.15) is 62.0 Å². The van der Waals surface area contributed by atoms with E-state index in [4.69, 9.17) is 9.15 Å². The molecule has 2 heterocycles. The van der Waals surface area contributed by atoms with Gasteiger partial charge in [0.05, 0.1) is 12.3 Å². The van der Waals surface area contributed by atoms with Crippen molar-refractivity contribution in [3.8, 4) is 5.75 Å². The second-order valence-corrected chi connectivity index (χ2v) is 7.92. The van der Waals surface area contributed by atoms with Gasteiger partial charge in [-0.15, -0.1) is 0 Å². The van der Waals surface area contributed by atoms with Crippen LogP contribution in [0.15, 0.2) is 41.0 Å². The molecule has 5 heteroatoms. The van der Waals surface area contributed by atoms with Crippen molar-refractivity contribution >= 4 is 5.91 Å². The third kappa shape index (κ3) is 5.38. The Morgan fingerprint density at radius 1 is 1.21 bits per heavy atom. The maximum atomic E-state index is 12.5. The van der Waals surface area contributed by atoms with Gasteiger partial charge in [0.2, 0.25) is 0 Å². The average molecular weight is 385 g/mol. The lowest BCUT2D eigenvalue weighted by Crippen LogP contribution is -2.41. The Morgan fingerprint density at radius 2 is 2.00 bits per heavy atom. The van der Waals surface area contributed by atoms with Crippen molar-refractivity contribution in [2.24, 2.45) is 0 Å². The number of aryl methyl sites for hydroxylation is 1. The van der Waals surface area contributed by atoms with E-state index in [1.807, 2.05) is 25.1 Å². The molecule has 1 aromatic heterocycles. The highest BCUT2D eigenvalue weighted by atomic mass is 16.5. The number of nitrogens with one attached hydrogen (secondary N) is 1. The number of carbonyl (C=O) groups excluding carboxylic acids is 1. The number of amides is 1. The predicted molar refractivity (Wildman–Crippen MR) is 111 cm³/mol. The normalized spacial score (nSPS) is 16.1. The van der Waals surface area contributed by atoms with Crippen molar-refractivity contribution in [3.63, 3.8) is 0 Å². The maximum absolute atomic E-state index is 12.5. The van der Waals surface area contributed by atoms with Gasteiger partial charge < -0.3 is 14.5 Å². The lowest BCUT2D eigenvalue weighted by molar-refractivity contribution is -0.123. The summed E-state index contributed by atoms with van der Waals surface area (Å²) in [7, 11) is 0. The molecule has 0 bridgehead atoms. The molecule has 28 heavy (non-hydrogen) atoms. The smallest absolute Gasteiger partial charge is 0.258 e. The van der Waals surface area contributed by atoms with Gasteiger partial charge in [-0.05, 0) is 68.1 Å². The second kappa shape index (κ2) is 9.78. The summed E-state index contributed by atoms with van der Waals surface area (Å²) in [4.78, 5) is 14.9. The molecule has 1 fully saturated rings. The molecule has 1 saturated heterocycles. The minimum Gasteiger partial charge on any atom is -0.483 e. The SMILES string of the molecule is Cc1ccc(C(C)C)c(OCC(=O)NCC(c2ccco2)N2CCCCC2)c1. The van der Waals surface area contributed by atoms with Gasteiger partial charge in [-0.3, -0.25) is 9.69 Å². The highest BCUT2D eigenvalue weighted by Gasteiger charge is 2.25. The number of rotatable bonds is 8. The van der Waals surface area contributed by atoms with Crippen LogP contribution in [0.25, 0.3) is 0 Å². The van der Waals surface area contributed by atoms with Gasteiger partial charge in [-0.25, -0.2) is 0 Å². The molecule has 0 aliphatic carbocycles. The van der Waals surface area contributed by atoms with Gasteiger partial charge in [0.25, 0.3) is 5.91 Å². The van der Waals surface area contributed by atoms with E-state index in [0.29, 0.717) is 12.5 Å². The van der Waals surface area contributed by atoms with E-state index in [1.165, 1.54) is 19.3 Å². The number of benzene rings is 1. The summed E-state index contributed by atoms with van der Waals surface area (Å²) in [6, 6.07) is 10.1. The molecule has 152 valence electrons. The van der Waals surface area contributed by atoms with Gasteiger partial charge in [0, 0.05) is 6.54 Å². The van der Waals surface area contributed by atoms with Crippen molar-refractivity contribution in [3.05, 3.63) is 53.5 Å². The average Bonchev–Trinajstić information content (AvgIpc) is 3.21. The van der Waals surface area contributed by atoms with Crippen molar-refractivity contribution in [1.82, 2.24) is 10.2 Å². The van der Waals surface area contributed by atoms with Crippen LogP contribution in [0.5, 0.6) is 5.75 Å². The van der Waals surface area contributed by atoms with Crippen LogP contribution in [0, 0.1) is 6.92 Å². The van der Waals surface area contributed by atoms with Gasteiger partial charge in [-0.2, -0.15) is 0 Å². The molecule has 0 saturated carbocycles. The summed E-state index contributed by atoms with van der Waals surface area (Å²) in [5, 5.41) is 3.04. The van der Waals surface area contributed by atoms with Gasteiger partial charge in [-0.1, -0.05) is 32.4 Å². The van der Waals surface area contributed by atoms with Gasteiger partial charge in [0.15, 0.2) is 6.61 Å². The van der Waals surface area contributed by atoms with Crippen LogP contribution < -0.4 is 10.1 Å². The van der Waals surface area contributed by atoms with E-state index < -0.39 is 0 Å². The van der Waals surface area contributed by atoms with Crippen molar-refractivity contribution in [2.75, 3.05) is 26.2 Å². The molecule has 1 aliphatic rings. The Balaban J connectivity index is 1.57. The summed E-state index contributed by atoms with van der Waals surface area (Å²) in [6.45, 7) is 8.92. The zero-order valence-electron chi connectivity index (χ0n) is 17.2. The lowest BCUT2D eigenvalue weighted by Gasteiger charge is -2.33. The summed E-state index contributed by atoms with van der Waals surface area (Å²) < 4.78 is 11.5. The molecule has 1 amide bonds. The first-order valence-corrected chi connectivity index (χ1v) is 10.3. The number of hydrogen-bond acceptors (Lipinski definition) is 4. The molecule has 0 spiro atoms. The Labute approximate surface area is 168 Å². The Kier molecular flexibility index (Phi) is 7.15. The minimum atomic E-state index is -0.107. The quantitative estimate of drug-likeness (QED) is 0.731. The highest BCUT2D eigenvalue weighted by Crippen LogP contribution is 2.27. The molecule has 5 nitrogen and oxygen atoms in total. The summed E-state index contributed by atoms with van der Waals surface area (Å²) in [6.07, 6.45) is 5.36. The Bertz CT molecular complexity index is 749. The molecule has 3 rings (SSSR count). The molecular formula is C23H32N2O3. The van der Waals surface area contributed by atoms with E-state index in [9.17, 15) is 4.79 Å². The number of ether oxygens (including phenoxy) is 1. The first kappa shape index (κ1) is 20.5. The van der Waals surface area contributed by atoms with Crippen molar-refractivity contribution < 1.29 is 13.9 Å². The van der Waals surface area contributed by atoms with Gasteiger partial charge >= 0.3 is 0 Å². The Morgan fingerprint density at radius 3 is 2.68 bits per heavy atom. The topological polar surface area (TPSA) is 54.7 Å². The highest BCUT2D eigenvalue weighted by molar-refractivity contribution is 5.77. The van der Waals surface area contributed by atoms with Crippen LogP contribution >= 0.6 is 0 Å². The predicted octanol–water partition coefficient (Wildman–Crippen LogP) is 4.43. The zero-order chi connectivity index (χ0) is 19.9. The third-order valence-electron chi connectivity index (χ3n) is 5.35. The first-order chi connectivity index (χ1) is 13.5. The molecule has 1 N–H and O–H groups in total. The monoisotopic (exact) mass is 384 g/mol. The first-order valence-electron chi connectivity index (χ1n) is 10.3. The summed E-state index contributed by atoms with van der Waals surface area (Å²) in [5.74, 6) is 1.94. The van der Waals surface area contributed by atoms with Crippen LogP contribution in [0.3, 0.4) is 0 Å². The standard InChI is InChI=1S/C23H32N2O3/c1-17(2)19-10-9-18(3)14-22(19)28-16-23(26)24-15-20(21-8-7-13-27-21)25-11-5-4-6-12-25/h7-10,13-14,17,20H,4-6,11-12,15-16H2,1-3H3,(H,24,26). The third-order valence-corrected chi connectivity index (χ3v) is 5.35. The molecule has 2 aromatic rings. The van der Waals surface area contributed by atoms with E-state index in [0.717, 1.165) is 35.7 Å². The molecule has 1 aromatic carbocycles. The molecule has 1 aliphatic heterocycles. The van der Waals surface area contributed by atoms with E-state index in [2.05, 4.69) is 36.2 Å². The number of piperidine rings is 1. The molecular weight excluding hydrogens is 352 g/mol. The zero-order valence-corrected chi connectivity index (χ0v) is 17.2. The number of likely N-dealkylation sites (tertiary alicyclic amines) is 1. The van der Waals surface area contributed by atoms with E-state index >= 15 is 0 Å². The van der Waals surface area contributed by atoms with Crippen molar-refractivity contribution in [2.45, 2.75) is 52.0 Å². The van der Waals surface area contributed by atoms with Crippen LogP contribution in [0.2, 0.25) is 0 Å². The number of hydrogen-bond donors (Lipinski definition) is 1. The molecule has 1 unspecified atom stereocenters. The molecule has 0 radical (unpaired) electrons. The minimum absolute atomic E-state index is 0.0219. The summed E-state index contributed by atoms with van der Waals surface area (Å²) >= 11 is 0. The van der Waals surface area contributed by atoms with Crippen LogP contribution in [-0.4, -0.2) is 37.0 Å². The summed E-state index contributed by atoms with van der Waals surface area (Å²) in [5.41, 5.74) is 2.25. The largest absolute Gasteiger partial charge is 0.483 e. The number of carbonyl (C=O) groups is 1. The maximum Gasteiger partial charge on any atom is 0.258 e. The van der Waals surface area contributed by atoms with Crippen molar-refractivity contribution in [1.29, 1.82) is 0 Å². The van der Waals surface area contributed by atoms with Crippen LogP contribution in [-0.2, 0) is 4.79 Å². The van der Waals surface area contributed by atoms with E-state index in [1.54, 1.807) is 6.26 Å². The fourth-order valence-corrected chi connectivity index (χ4v) is 3.77.